The number of ether oxygens (including phenoxy) is 1. The lowest BCUT2D eigenvalue weighted by Crippen LogP contribution is -2.30. The lowest BCUT2D eigenvalue weighted by molar-refractivity contribution is -0.122. The number of aryl methyl sites for hydroxylation is 2. The lowest BCUT2D eigenvalue weighted by Gasteiger charge is -2.21. The van der Waals surface area contributed by atoms with Gasteiger partial charge < -0.3 is 10.1 Å². The zero-order chi connectivity index (χ0) is 16.2. The van der Waals surface area contributed by atoms with Crippen molar-refractivity contribution in [1.82, 2.24) is 0 Å². The molecule has 0 aliphatic heterocycles. The first-order chi connectivity index (χ1) is 11.1. The van der Waals surface area contributed by atoms with Crippen LogP contribution >= 0.6 is 0 Å². The average Bonchev–Trinajstić information content (AvgIpc) is 2.55. The van der Waals surface area contributed by atoms with Crippen molar-refractivity contribution in [2.45, 2.75) is 45.6 Å². The molecule has 0 radical (unpaired) electrons. The number of carbonyl (C=O) groups excluding carboxylic acids is 1. The predicted octanol–water partition coefficient (Wildman–Crippen LogP) is 4.28. The van der Waals surface area contributed by atoms with Gasteiger partial charge in [-0.1, -0.05) is 24.3 Å². The molecule has 0 saturated heterocycles. The second kappa shape index (κ2) is 6.86. The molecule has 0 unspecified atom stereocenters. The third-order valence-corrected chi connectivity index (χ3v) is 4.33. The minimum Gasteiger partial charge on any atom is -0.481 e. The van der Waals surface area contributed by atoms with Gasteiger partial charge in [0.1, 0.15) is 5.75 Å². The SMILES string of the molecule is Cc1cccc(O[C@H](C)C(=O)Nc2cccc3c2CCCC3)c1. The summed E-state index contributed by atoms with van der Waals surface area (Å²) in [5.41, 5.74) is 4.70. The monoisotopic (exact) mass is 309 g/mol. The number of carbonyl (C=O) groups is 1. The van der Waals surface area contributed by atoms with Gasteiger partial charge in [-0.15, -0.1) is 0 Å². The van der Waals surface area contributed by atoms with Gasteiger partial charge in [0.15, 0.2) is 6.10 Å². The van der Waals surface area contributed by atoms with Gasteiger partial charge in [-0.3, -0.25) is 4.79 Å². The zero-order valence-corrected chi connectivity index (χ0v) is 13.8. The van der Waals surface area contributed by atoms with E-state index in [2.05, 4.69) is 11.4 Å². The molecule has 1 aliphatic carbocycles. The second-order valence-electron chi connectivity index (χ2n) is 6.22. The Kier molecular flexibility index (Phi) is 4.65. The summed E-state index contributed by atoms with van der Waals surface area (Å²) in [7, 11) is 0. The maximum Gasteiger partial charge on any atom is 0.265 e. The van der Waals surface area contributed by atoms with Crippen LogP contribution in [0.25, 0.3) is 0 Å². The number of amides is 1. The van der Waals surface area contributed by atoms with Gasteiger partial charge in [-0.2, -0.15) is 0 Å². The Morgan fingerprint density at radius 2 is 1.91 bits per heavy atom. The molecule has 0 spiro atoms. The summed E-state index contributed by atoms with van der Waals surface area (Å²) in [5, 5.41) is 3.04. The standard InChI is InChI=1S/C20H23NO2/c1-14-7-5-10-17(13-14)23-15(2)20(22)21-19-12-6-9-16-8-3-4-11-18(16)19/h5-7,9-10,12-13,15H,3-4,8,11H2,1-2H3,(H,21,22)/t15-/m1/s1. The molecular formula is C20H23NO2. The van der Waals surface area contributed by atoms with Crippen LogP contribution in [-0.2, 0) is 17.6 Å². The fourth-order valence-electron chi connectivity index (χ4n) is 3.08. The van der Waals surface area contributed by atoms with Crippen LogP contribution < -0.4 is 10.1 Å². The van der Waals surface area contributed by atoms with E-state index >= 15 is 0 Å². The van der Waals surface area contributed by atoms with Gasteiger partial charge in [0.25, 0.3) is 5.91 Å². The van der Waals surface area contributed by atoms with Crippen LogP contribution in [0, 0.1) is 6.92 Å². The number of nitrogens with one attached hydrogen (secondary N) is 1. The molecule has 120 valence electrons. The first kappa shape index (κ1) is 15.6. The van der Waals surface area contributed by atoms with E-state index in [0.29, 0.717) is 0 Å². The summed E-state index contributed by atoms with van der Waals surface area (Å²) in [6, 6.07) is 13.9. The number of rotatable bonds is 4. The Labute approximate surface area is 137 Å². The summed E-state index contributed by atoms with van der Waals surface area (Å²) in [6.45, 7) is 3.79. The topological polar surface area (TPSA) is 38.3 Å². The van der Waals surface area contributed by atoms with E-state index in [0.717, 1.165) is 29.8 Å². The number of anilines is 1. The first-order valence-corrected chi connectivity index (χ1v) is 8.28. The van der Waals surface area contributed by atoms with E-state index in [4.69, 9.17) is 4.74 Å². The van der Waals surface area contributed by atoms with Crippen LogP contribution in [0.2, 0.25) is 0 Å². The molecule has 3 heteroatoms. The lowest BCUT2D eigenvalue weighted by atomic mass is 9.90. The summed E-state index contributed by atoms with van der Waals surface area (Å²) >= 11 is 0. The molecule has 0 bridgehead atoms. The number of hydrogen-bond acceptors (Lipinski definition) is 2. The highest BCUT2D eigenvalue weighted by Crippen LogP contribution is 2.28. The van der Waals surface area contributed by atoms with Crippen molar-refractivity contribution in [3.8, 4) is 5.75 Å². The molecule has 2 aromatic carbocycles. The fourth-order valence-corrected chi connectivity index (χ4v) is 3.08. The highest BCUT2D eigenvalue weighted by Gasteiger charge is 2.18. The molecule has 0 aromatic heterocycles. The van der Waals surface area contributed by atoms with E-state index in [-0.39, 0.29) is 5.91 Å². The average molecular weight is 309 g/mol. The fraction of sp³-hybridized carbons (Fsp3) is 0.350. The van der Waals surface area contributed by atoms with Crippen LogP contribution in [-0.4, -0.2) is 12.0 Å². The normalized spacial score (nSPS) is 14.7. The zero-order valence-electron chi connectivity index (χ0n) is 13.8. The summed E-state index contributed by atoms with van der Waals surface area (Å²) in [5.74, 6) is 0.619. The molecule has 1 aliphatic rings. The smallest absolute Gasteiger partial charge is 0.265 e. The Bertz CT molecular complexity index is 709. The van der Waals surface area contributed by atoms with Crippen molar-refractivity contribution in [2.75, 3.05) is 5.32 Å². The van der Waals surface area contributed by atoms with E-state index in [1.165, 1.54) is 24.0 Å². The van der Waals surface area contributed by atoms with E-state index < -0.39 is 6.10 Å². The van der Waals surface area contributed by atoms with E-state index in [1.54, 1.807) is 6.92 Å². The van der Waals surface area contributed by atoms with Crippen molar-refractivity contribution in [2.24, 2.45) is 0 Å². The minimum absolute atomic E-state index is 0.106. The number of hydrogen-bond donors (Lipinski definition) is 1. The molecule has 0 fully saturated rings. The number of fused-ring (bicyclic) bond motifs is 1. The van der Waals surface area contributed by atoms with Crippen molar-refractivity contribution in [3.63, 3.8) is 0 Å². The van der Waals surface area contributed by atoms with Gasteiger partial charge in [-0.05, 0) is 74.4 Å². The number of benzene rings is 2. The van der Waals surface area contributed by atoms with Gasteiger partial charge in [0, 0.05) is 5.69 Å². The van der Waals surface area contributed by atoms with Crippen molar-refractivity contribution >= 4 is 11.6 Å². The molecule has 2 aromatic rings. The summed E-state index contributed by atoms with van der Waals surface area (Å²) in [4.78, 5) is 12.5. The minimum atomic E-state index is -0.531. The molecule has 0 heterocycles. The van der Waals surface area contributed by atoms with Crippen LogP contribution in [0.5, 0.6) is 5.75 Å². The third-order valence-electron chi connectivity index (χ3n) is 4.33. The first-order valence-electron chi connectivity index (χ1n) is 8.28. The van der Waals surface area contributed by atoms with E-state index in [1.807, 2.05) is 43.3 Å². The maximum atomic E-state index is 12.5. The molecular weight excluding hydrogens is 286 g/mol. The highest BCUT2D eigenvalue weighted by atomic mass is 16.5. The Morgan fingerprint density at radius 1 is 1.13 bits per heavy atom. The molecule has 0 saturated carbocycles. The highest BCUT2D eigenvalue weighted by molar-refractivity contribution is 5.95. The van der Waals surface area contributed by atoms with Gasteiger partial charge in [0.2, 0.25) is 0 Å². The van der Waals surface area contributed by atoms with Crippen molar-refractivity contribution in [1.29, 1.82) is 0 Å². The van der Waals surface area contributed by atoms with Crippen LogP contribution in [0.3, 0.4) is 0 Å². The molecule has 3 rings (SSSR count). The van der Waals surface area contributed by atoms with Crippen LogP contribution in [0.1, 0.15) is 36.5 Å². The molecule has 1 N–H and O–H groups in total. The van der Waals surface area contributed by atoms with E-state index in [9.17, 15) is 4.79 Å². The Balaban J connectivity index is 1.69. The molecule has 1 amide bonds. The molecule has 3 nitrogen and oxygen atoms in total. The largest absolute Gasteiger partial charge is 0.481 e. The van der Waals surface area contributed by atoms with Crippen LogP contribution in [0.15, 0.2) is 42.5 Å². The van der Waals surface area contributed by atoms with Crippen molar-refractivity contribution < 1.29 is 9.53 Å². The van der Waals surface area contributed by atoms with Gasteiger partial charge >= 0.3 is 0 Å². The van der Waals surface area contributed by atoms with Gasteiger partial charge in [-0.25, -0.2) is 0 Å². The van der Waals surface area contributed by atoms with Gasteiger partial charge in [0.05, 0.1) is 0 Å². The quantitative estimate of drug-likeness (QED) is 0.915. The summed E-state index contributed by atoms with van der Waals surface area (Å²) < 4.78 is 5.76. The maximum absolute atomic E-state index is 12.5. The summed E-state index contributed by atoms with van der Waals surface area (Å²) in [6.07, 6.45) is 4.04. The predicted molar refractivity (Wildman–Crippen MR) is 93.0 cm³/mol. The Morgan fingerprint density at radius 3 is 2.74 bits per heavy atom. The third kappa shape index (κ3) is 3.73. The Hall–Kier alpha value is -2.29. The molecule has 1 atom stereocenters. The second-order valence-corrected chi connectivity index (χ2v) is 6.22. The van der Waals surface area contributed by atoms with Crippen molar-refractivity contribution in [3.05, 3.63) is 59.2 Å². The molecule has 23 heavy (non-hydrogen) atoms. The van der Waals surface area contributed by atoms with Crippen LogP contribution in [0.4, 0.5) is 5.69 Å².